The van der Waals surface area contributed by atoms with Crippen molar-refractivity contribution in [3.8, 4) is 11.5 Å². The molecule has 2 aromatic carbocycles. The molecule has 6 rings (SSSR count). The lowest BCUT2D eigenvalue weighted by molar-refractivity contribution is -0.145. The third kappa shape index (κ3) is 7.21. The summed E-state index contributed by atoms with van der Waals surface area (Å²) in [7, 11) is 0. The van der Waals surface area contributed by atoms with Crippen molar-refractivity contribution in [1.29, 1.82) is 0 Å². The van der Waals surface area contributed by atoms with Crippen LogP contribution in [0.2, 0.25) is 0 Å². The molecular weight excluding hydrogens is 614 g/mol. The van der Waals surface area contributed by atoms with Gasteiger partial charge in [-0.1, -0.05) is 61.4 Å². The predicted molar refractivity (Wildman–Crippen MR) is 177 cm³/mol. The Kier molecular flexibility index (Phi) is 9.51. The van der Waals surface area contributed by atoms with Gasteiger partial charge in [0, 0.05) is 35.9 Å². The Morgan fingerprint density at radius 2 is 1.73 bits per heavy atom. The molecule has 1 saturated carbocycles. The van der Waals surface area contributed by atoms with Crippen molar-refractivity contribution in [1.82, 2.24) is 15.5 Å². The van der Waals surface area contributed by atoms with Crippen molar-refractivity contribution in [2.24, 2.45) is 5.92 Å². The normalized spacial score (nSPS) is 28.2. The minimum absolute atomic E-state index is 0.110. The third-order valence-corrected chi connectivity index (χ3v) is 9.62. The molecule has 5 atom stereocenters. The molecule has 0 radical (unpaired) electrons. The highest BCUT2D eigenvalue weighted by Gasteiger charge is 2.61. The Morgan fingerprint density at radius 3 is 2.40 bits per heavy atom. The molecule has 3 amide bonds. The molecular formula is C37H45N3O8. The molecule has 256 valence electrons. The molecule has 1 aliphatic carbocycles. The summed E-state index contributed by atoms with van der Waals surface area (Å²) in [4.78, 5) is 55.0. The number of para-hydroxylation sites is 2. The zero-order valence-electron chi connectivity index (χ0n) is 27.8. The third-order valence-electron chi connectivity index (χ3n) is 9.62. The second-order valence-electron chi connectivity index (χ2n) is 14.3. The number of ether oxygens (including phenoxy) is 3. The molecule has 3 N–H and O–H groups in total. The van der Waals surface area contributed by atoms with E-state index in [9.17, 15) is 24.3 Å². The summed E-state index contributed by atoms with van der Waals surface area (Å²) in [6, 6.07) is 13.7. The summed E-state index contributed by atoms with van der Waals surface area (Å²) >= 11 is 0. The number of carbonyl (C=O) groups excluding carboxylic acids is 3. The van der Waals surface area contributed by atoms with Crippen molar-refractivity contribution < 1.29 is 38.5 Å². The van der Waals surface area contributed by atoms with E-state index in [0.29, 0.717) is 12.8 Å². The van der Waals surface area contributed by atoms with Gasteiger partial charge in [0.1, 0.15) is 34.7 Å². The lowest BCUT2D eigenvalue weighted by atomic mass is 9.88. The maximum absolute atomic E-state index is 14.3. The van der Waals surface area contributed by atoms with Crippen LogP contribution in [-0.2, 0) is 23.9 Å². The number of benzene rings is 2. The van der Waals surface area contributed by atoms with Crippen molar-refractivity contribution in [3.63, 3.8) is 0 Å². The van der Waals surface area contributed by atoms with Gasteiger partial charge in [-0.3, -0.25) is 9.59 Å². The van der Waals surface area contributed by atoms with Crippen LogP contribution in [0.3, 0.4) is 0 Å². The van der Waals surface area contributed by atoms with E-state index in [1.54, 1.807) is 20.8 Å². The van der Waals surface area contributed by atoms with Crippen molar-refractivity contribution >= 4 is 23.9 Å². The number of nitrogens with zero attached hydrogens (tertiary/aromatic N) is 1. The van der Waals surface area contributed by atoms with Crippen LogP contribution in [0.5, 0.6) is 11.5 Å². The number of nitrogens with one attached hydrogen (secondary N) is 2. The molecule has 4 aliphatic rings. The molecule has 0 spiro atoms. The van der Waals surface area contributed by atoms with Crippen LogP contribution in [0.15, 0.2) is 60.7 Å². The number of rotatable bonds is 5. The number of carbonyl (C=O) groups is 4. The molecule has 3 heterocycles. The van der Waals surface area contributed by atoms with Crippen LogP contribution in [0.4, 0.5) is 4.79 Å². The highest BCUT2D eigenvalue weighted by molar-refractivity contribution is 5.96. The minimum atomic E-state index is -1.41. The predicted octanol–water partition coefficient (Wildman–Crippen LogP) is 5.28. The quantitative estimate of drug-likeness (QED) is 0.368. The molecule has 48 heavy (non-hydrogen) atoms. The smallest absolute Gasteiger partial charge is 0.408 e. The van der Waals surface area contributed by atoms with E-state index in [2.05, 4.69) is 10.6 Å². The number of aliphatic carboxylic acids is 1. The summed E-state index contributed by atoms with van der Waals surface area (Å²) < 4.78 is 18.1. The highest BCUT2D eigenvalue weighted by Crippen LogP contribution is 2.46. The molecule has 2 aromatic rings. The fourth-order valence-electron chi connectivity index (χ4n) is 7.05. The summed E-state index contributed by atoms with van der Waals surface area (Å²) in [5.41, 5.74) is -0.210. The Balaban J connectivity index is 1.26. The Hall–Kier alpha value is -4.38. The number of amides is 3. The van der Waals surface area contributed by atoms with Gasteiger partial charge in [-0.2, -0.15) is 0 Å². The van der Waals surface area contributed by atoms with Gasteiger partial charge in [0.2, 0.25) is 11.8 Å². The molecule has 1 saturated heterocycles. The number of carboxylic acid groups (broad SMARTS) is 1. The number of alkyl carbamates (subject to hydrolysis) is 1. The van der Waals surface area contributed by atoms with Gasteiger partial charge in [-0.15, -0.1) is 0 Å². The number of hydrogen-bond acceptors (Lipinski definition) is 7. The summed E-state index contributed by atoms with van der Waals surface area (Å²) in [5, 5.41) is 15.7. The fourth-order valence-corrected chi connectivity index (χ4v) is 7.05. The lowest BCUT2D eigenvalue weighted by Gasteiger charge is -2.30. The van der Waals surface area contributed by atoms with Crippen LogP contribution in [0, 0.1) is 5.92 Å². The van der Waals surface area contributed by atoms with Crippen LogP contribution >= 0.6 is 0 Å². The lowest BCUT2D eigenvalue weighted by Crippen LogP contribution is -2.56. The molecule has 3 aliphatic heterocycles. The van der Waals surface area contributed by atoms with E-state index in [-0.39, 0.29) is 37.8 Å². The van der Waals surface area contributed by atoms with Crippen molar-refractivity contribution in [2.45, 2.75) is 101 Å². The Bertz CT molecular complexity index is 1540. The first-order valence-corrected chi connectivity index (χ1v) is 16.9. The van der Waals surface area contributed by atoms with E-state index in [1.165, 1.54) is 4.90 Å². The maximum Gasteiger partial charge on any atom is 0.408 e. The average Bonchev–Trinajstić information content (AvgIpc) is 3.56. The second kappa shape index (κ2) is 13.6. The van der Waals surface area contributed by atoms with Crippen molar-refractivity contribution in [2.75, 3.05) is 13.2 Å². The number of fused-ring (bicyclic) bond motifs is 4. The van der Waals surface area contributed by atoms with Gasteiger partial charge in [0.15, 0.2) is 0 Å². The Labute approximate surface area is 281 Å². The monoisotopic (exact) mass is 659 g/mol. The zero-order valence-corrected chi connectivity index (χ0v) is 27.8. The van der Waals surface area contributed by atoms with E-state index < -0.39 is 53.2 Å². The zero-order chi connectivity index (χ0) is 34.1. The highest BCUT2D eigenvalue weighted by atomic mass is 16.6. The average molecular weight is 660 g/mol. The topological polar surface area (TPSA) is 144 Å². The molecule has 11 nitrogen and oxygen atoms in total. The number of hydrogen-bond donors (Lipinski definition) is 3. The van der Waals surface area contributed by atoms with E-state index in [1.807, 2.05) is 60.7 Å². The van der Waals surface area contributed by atoms with Gasteiger partial charge in [-0.25, -0.2) is 9.59 Å². The summed E-state index contributed by atoms with van der Waals surface area (Å²) in [5.74, 6) is -1.01. The molecule has 0 bridgehead atoms. The van der Waals surface area contributed by atoms with Crippen molar-refractivity contribution in [3.05, 3.63) is 71.8 Å². The fraction of sp³-hybridized carbons (Fsp3) is 0.514. The largest absolute Gasteiger partial charge is 0.479 e. The van der Waals surface area contributed by atoms with E-state index in [0.717, 1.165) is 41.9 Å². The SMILES string of the molecule is CC(C)(C)OC(=O)N[C@H]1CCCCC/C=C\[C@@H]2C[C@@]2(C(=O)O)NC(=O)[C@@H]2C[C@@H](OCC3c4ccccc4Oc4ccccc43)CN2C1=O. The van der Waals surface area contributed by atoms with E-state index in [4.69, 9.17) is 14.2 Å². The first kappa shape index (κ1) is 33.5. The van der Waals surface area contributed by atoms with Gasteiger partial charge in [0.05, 0.1) is 12.7 Å². The van der Waals surface area contributed by atoms with Crippen LogP contribution in [-0.4, -0.2) is 76.4 Å². The molecule has 0 unspecified atom stereocenters. The van der Waals surface area contributed by atoms with E-state index >= 15 is 0 Å². The van der Waals surface area contributed by atoms with Gasteiger partial charge < -0.3 is 34.9 Å². The molecule has 2 fully saturated rings. The summed E-state index contributed by atoms with van der Waals surface area (Å²) in [6.07, 6.45) is 6.58. The number of allylic oxidation sites excluding steroid dienone is 1. The van der Waals surface area contributed by atoms with Gasteiger partial charge in [-0.05, 0) is 58.6 Å². The minimum Gasteiger partial charge on any atom is -0.479 e. The Morgan fingerprint density at radius 1 is 1.04 bits per heavy atom. The first-order valence-electron chi connectivity index (χ1n) is 16.9. The second-order valence-corrected chi connectivity index (χ2v) is 14.3. The molecule has 11 heteroatoms. The summed E-state index contributed by atoms with van der Waals surface area (Å²) in [6.45, 7) is 5.64. The molecule has 0 aromatic heterocycles. The number of carboxylic acids is 1. The van der Waals surface area contributed by atoms with Gasteiger partial charge in [0.25, 0.3) is 0 Å². The van der Waals surface area contributed by atoms with Crippen LogP contribution in [0.1, 0.15) is 82.8 Å². The van der Waals surface area contributed by atoms with Gasteiger partial charge >= 0.3 is 12.1 Å². The maximum atomic E-state index is 14.3. The first-order chi connectivity index (χ1) is 22.9. The van der Waals surface area contributed by atoms with Crippen LogP contribution < -0.4 is 15.4 Å². The van der Waals surface area contributed by atoms with Crippen LogP contribution in [0.25, 0.3) is 0 Å². The standard InChI is InChI=1S/C37H45N3O8/c1-36(2,3)48-35(45)38-28-16-8-6-4-5-7-13-23-20-37(23,34(43)44)39-32(41)29-19-24(21-40(29)33(28)42)46-22-27-25-14-9-11-17-30(25)47-31-18-12-10-15-26(27)31/h7,9-15,17-18,23-24,27-29H,4-6,8,16,19-22H2,1-3H3,(H,38,45)(H,39,41)(H,43,44)/b13-7-/t23-,24-,28+,29+,37-/m1/s1.